The fourth-order valence-corrected chi connectivity index (χ4v) is 7.03. The molecular weight excluding hydrogens is 432 g/mol. The maximum Gasteiger partial charge on any atom is 0.397 e. The third-order valence-electron chi connectivity index (χ3n) is 8.04. The van der Waals surface area contributed by atoms with E-state index in [-0.39, 0.29) is 24.5 Å². The average Bonchev–Trinajstić information content (AvgIpc) is 3.22. The predicted octanol–water partition coefficient (Wildman–Crippen LogP) is 3.19. The van der Waals surface area contributed by atoms with Gasteiger partial charge >= 0.3 is 11.9 Å². The summed E-state index contributed by atoms with van der Waals surface area (Å²) in [6.45, 7) is 4.88. The van der Waals surface area contributed by atoms with E-state index in [1.807, 2.05) is 12.1 Å². The number of likely N-dealkylation sites (N-methyl/N-ethyl adjacent to an activating group) is 1. The first kappa shape index (κ1) is 22.9. The topological polar surface area (TPSA) is 93.0 Å². The molecule has 182 valence electrons. The van der Waals surface area contributed by atoms with E-state index in [0.29, 0.717) is 23.6 Å². The van der Waals surface area contributed by atoms with Crippen molar-refractivity contribution in [2.24, 2.45) is 23.2 Å². The summed E-state index contributed by atoms with van der Waals surface area (Å²) >= 11 is 0. The summed E-state index contributed by atoms with van der Waals surface area (Å²) in [6, 6.07) is 5.46. The lowest BCUT2D eigenvalue weighted by atomic mass is 9.49. The molecule has 0 unspecified atom stereocenters. The van der Waals surface area contributed by atoms with E-state index in [4.69, 9.17) is 4.74 Å². The lowest BCUT2D eigenvalue weighted by Crippen LogP contribution is -2.51. The van der Waals surface area contributed by atoms with Crippen LogP contribution in [0.15, 0.2) is 24.4 Å². The number of aromatic nitrogens is 2. The Morgan fingerprint density at radius 2 is 1.79 bits per heavy atom. The summed E-state index contributed by atoms with van der Waals surface area (Å²) in [5.41, 5.74) is 2.05. The number of ether oxygens (including phenoxy) is 1. The Bertz CT molecular complexity index is 1070. The van der Waals surface area contributed by atoms with E-state index in [2.05, 4.69) is 10.3 Å². The number of imidazole rings is 1. The van der Waals surface area contributed by atoms with Gasteiger partial charge in [0, 0.05) is 19.3 Å². The predicted molar refractivity (Wildman–Crippen MR) is 126 cm³/mol. The van der Waals surface area contributed by atoms with E-state index < -0.39 is 11.9 Å². The van der Waals surface area contributed by atoms with E-state index >= 15 is 0 Å². The number of carbonyl (C=O) groups excluding carboxylic acids is 3. The van der Waals surface area contributed by atoms with Crippen molar-refractivity contribution in [1.29, 1.82) is 0 Å². The molecule has 6 rings (SSSR count). The van der Waals surface area contributed by atoms with Gasteiger partial charge in [0.1, 0.15) is 11.3 Å². The van der Waals surface area contributed by atoms with Gasteiger partial charge < -0.3 is 15.0 Å². The van der Waals surface area contributed by atoms with Gasteiger partial charge in [-0.3, -0.25) is 14.0 Å². The molecule has 2 amide bonds. The number of amides is 2. The largest absolute Gasteiger partial charge is 0.459 e. The molecule has 0 aromatic carbocycles. The molecule has 4 bridgehead atoms. The SMILES string of the molecule is CCOC(=O)C(=O)N(CC)Cc1cn2c(C(=O)NCC34CC5CC(CC(C5)C3)C4)cccc2n1. The molecule has 0 atom stereocenters. The minimum atomic E-state index is -0.863. The zero-order chi connectivity index (χ0) is 23.9. The van der Waals surface area contributed by atoms with Crippen LogP contribution in [0.3, 0.4) is 0 Å². The fraction of sp³-hybridized carbons (Fsp3) is 0.615. The van der Waals surface area contributed by atoms with Crippen LogP contribution in [0.4, 0.5) is 0 Å². The molecule has 2 heterocycles. The Kier molecular flexibility index (Phi) is 6.08. The molecular formula is C26H34N4O4. The molecule has 8 nitrogen and oxygen atoms in total. The normalized spacial score (nSPS) is 27.1. The van der Waals surface area contributed by atoms with Crippen LogP contribution in [0.25, 0.3) is 5.65 Å². The number of hydrogen-bond acceptors (Lipinski definition) is 5. The van der Waals surface area contributed by atoms with Crippen molar-refractivity contribution in [2.75, 3.05) is 19.7 Å². The van der Waals surface area contributed by atoms with Crippen LogP contribution in [-0.2, 0) is 20.9 Å². The molecule has 34 heavy (non-hydrogen) atoms. The van der Waals surface area contributed by atoms with Crippen molar-refractivity contribution in [3.05, 3.63) is 35.8 Å². The van der Waals surface area contributed by atoms with Crippen molar-refractivity contribution in [2.45, 2.75) is 58.9 Å². The summed E-state index contributed by atoms with van der Waals surface area (Å²) in [4.78, 5) is 43.4. The van der Waals surface area contributed by atoms with Gasteiger partial charge in [0.05, 0.1) is 18.8 Å². The molecule has 4 saturated carbocycles. The quantitative estimate of drug-likeness (QED) is 0.500. The number of nitrogens with one attached hydrogen (secondary N) is 1. The smallest absolute Gasteiger partial charge is 0.397 e. The fourth-order valence-electron chi connectivity index (χ4n) is 7.03. The Hall–Kier alpha value is -2.90. The zero-order valence-corrected chi connectivity index (χ0v) is 20.1. The molecule has 2 aromatic rings. The number of hydrogen-bond donors (Lipinski definition) is 1. The van der Waals surface area contributed by atoms with Crippen LogP contribution in [0.5, 0.6) is 0 Å². The highest BCUT2D eigenvalue weighted by atomic mass is 16.5. The molecule has 2 aromatic heterocycles. The van der Waals surface area contributed by atoms with Crippen molar-refractivity contribution < 1.29 is 19.1 Å². The number of pyridine rings is 1. The van der Waals surface area contributed by atoms with Gasteiger partial charge in [-0.15, -0.1) is 0 Å². The number of carbonyl (C=O) groups is 3. The average molecular weight is 467 g/mol. The van der Waals surface area contributed by atoms with Gasteiger partial charge in [0.2, 0.25) is 0 Å². The lowest BCUT2D eigenvalue weighted by Gasteiger charge is -2.56. The monoisotopic (exact) mass is 466 g/mol. The van der Waals surface area contributed by atoms with Crippen LogP contribution >= 0.6 is 0 Å². The highest BCUT2D eigenvalue weighted by Gasteiger charge is 2.50. The highest BCUT2D eigenvalue weighted by Crippen LogP contribution is 2.59. The summed E-state index contributed by atoms with van der Waals surface area (Å²) in [7, 11) is 0. The first-order valence-electron chi connectivity index (χ1n) is 12.6. The molecule has 4 aliphatic carbocycles. The molecule has 0 radical (unpaired) electrons. The van der Waals surface area contributed by atoms with Crippen molar-refractivity contribution in [3.8, 4) is 0 Å². The lowest BCUT2D eigenvalue weighted by molar-refractivity contribution is -0.160. The second kappa shape index (κ2) is 9.04. The minimum Gasteiger partial charge on any atom is -0.459 e. The molecule has 0 aliphatic heterocycles. The van der Waals surface area contributed by atoms with Gasteiger partial charge in [-0.1, -0.05) is 6.07 Å². The van der Waals surface area contributed by atoms with Crippen molar-refractivity contribution >= 4 is 23.4 Å². The van der Waals surface area contributed by atoms with Gasteiger partial charge in [0.15, 0.2) is 0 Å². The number of nitrogens with zero attached hydrogens (tertiary/aromatic N) is 3. The van der Waals surface area contributed by atoms with Gasteiger partial charge in [-0.05, 0) is 87.7 Å². The van der Waals surface area contributed by atoms with Crippen molar-refractivity contribution in [1.82, 2.24) is 19.6 Å². The summed E-state index contributed by atoms with van der Waals surface area (Å²) in [5.74, 6) is 0.901. The van der Waals surface area contributed by atoms with Gasteiger partial charge in [-0.2, -0.15) is 0 Å². The second-order valence-electron chi connectivity index (χ2n) is 10.5. The van der Waals surface area contributed by atoms with E-state index in [1.165, 1.54) is 43.4 Å². The van der Waals surface area contributed by atoms with Crippen molar-refractivity contribution in [3.63, 3.8) is 0 Å². The molecule has 0 saturated heterocycles. The molecule has 4 aliphatic rings. The maximum absolute atomic E-state index is 13.2. The van der Waals surface area contributed by atoms with Crippen LogP contribution < -0.4 is 5.32 Å². The van der Waals surface area contributed by atoms with Crippen LogP contribution in [-0.4, -0.2) is 51.8 Å². The standard InChI is InChI=1S/C26H34N4O4/c1-3-29(24(32)25(33)34-4-2)14-20-15-30-21(6-5-7-22(30)28-20)23(31)27-16-26-11-17-8-18(12-26)10-19(9-17)13-26/h5-7,15,17-19H,3-4,8-14,16H2,1-2H3,(H,27,31). The zero-order valence-electron chi connectivity index (χ0n) is 20.1. The Morgan fingerprint density at radius 1 is 1.12 bits per heavy atom. The Labute approximate surface area is 200 Å². The van der Waals surface area contributed by atoms with Crippen LogP contribution in [0, 0.1) is 23.2 Å². The third-order valence-corrected chi connectivity index (χ3v) is 8.04. The molecule has 8 heteroatoms. The summed E-state index contributed by atoms with van der Waals surface area (Å²) in [5, 5.41) is 3.24. The summed E-state index contributed by atoms with van der Waals surface area (Å²) in [6.07, 6.45) is 9.68. The third kappa shape index (κ3) is 4.30. The Morgan fingerprint density at radius 3 is 2.41 bits per heavy atom. The number of esters is 1. The van der Waals surface area contributed by atoms with E-state index in [1.54, 1.807) is 30.5 Å². The van der Waals surface area contributed by atoms with E-state index in [0.717, 1.165) is 24.3 Å². The minimum absolute atomic E-state index is 0.0970. The first-order chi connectivity index (χ1) is 16.4. The first-order valence-corrected chi connectivity index (χ1v) is 12.6. The molecule has 4 fully saturated rings. The number of rotatable bonds is 7. The maximum atomic E-state index is 13.2. The molecule has 0 spiro atoms. The number of fused-ring (bicyclic) bond motifs is 1. The summed E-state index contributed by atoms with van der Waals surface area (Å²) < 4.78 is 6.61. The molecule has 1 N–H and O–H groups in total. The highest BCUT2D eigenvalue weighted by molar-refractivity contribution is 6.32. The van der Waals surface area contributed by atoms with E-state index in [9.17, 15) is 14.4 Å². The van der Waals surface area contributed by atoms with Gasteiger partial charge in [0.25, 0.3) is 5.91 Å². The second-order valence-corrected chi connectivity index (χ2v) is 10.5. The Balaban J connectivity index is 1.29. The van der Waals surface area contributed by atoms with Gasteiger partial charge in [-0.25, -0.2) is 9.78 Å². The van der Waals surface area contributed by atoms with Crippen LogP contribution in [0.2, 0.25) is 0 Å². The van der Waals surface area contributed by atoms with Crippen LogP contribution in [0.1, 0.15) is 68.6 Å².